The van der Waals surface area contributed by atoms with Crippen LogP contribution in [0.3, 0.4) is 0 Å². The van der Waals surface area contributed by atoms with Gasteiger partial charge in [0, 0.05) is 4.83 Å². The van der Waals surface area contributed by atoms with Crippen LogP contribution in [0, 0.1) is 24.7 Å². The first-order valence-corrected chi connectivity index (χ1v) is 7.37. The number of benzene rings is 1. The maximum absolute atomic E-state index is 3.93. The van der Waals surface area contributed by atoms with Gasteiger partial charge in [0.25, 0.3) is 0 Å². The normalized spacial score (nSPS) is 33.5. The molecule has 0 nitrogen and oxygen atoms in total. The van der Waals surface area contributed by atoms with Crippen LogP contribution in [0.4, 0.5) is 0 Å². The Morgan fingerprint density at radius 2 is 1.94 bits per heavy atom. The summed E-state index contributed by atoms with van der Waals surface area (Å²) >= 11 is 3.93. The van der Waals surface area contributed by atoms with Gasteiger partial charge in [-0.25, -0.2) is 0 Å². The Labute approximate surface area is 107 Å². The predicted molar refractivity (Wildman–Crippen MR) is 71.9 cm³/mol. The molecule has 1 aromatic rings. The Morgan fingerprint density at radius 3 is 2.62 bits per heavy atom. The molecule has 0 bridgehead atoms. The summed E-state index contributed by atoms with van der Waals surface area (Å²) in [5.41, 5.74) is 2.96. The fraction of sp³-hybridized carbons (Fsp3) is 0.600. The number of aryl methyl sites for hydroxylation is 1. The Morgan fingerprint density at radius 1 is 1.25 bits per heavy atom. The zero-order chi connectivity index (χ0) is 11.1. The number of halogens is 1. The van der Waals surface area contributed by atoms with Crippen molar-refractivity contribution >= 4 is 15.9 Å². The van der Waals surface area contributed by atoms with Gasteiger partial charge >= 0.3 is 0 Å². The smallest absolute Gasteiger partial charge is 0.0220 e. The number of rotatable bonds is 3. The van der Waals surface area contributed by atoms with Crippen molar-refractivity contribution < 1.29 is 0 Å². The Balaban J connectivity index is 1.65. The molecule has 2 fully saturated rings. The molecule has 0 saturated heterocycles. The molecule has 2 saturated carbocycles. The molecule has 1 aromatic carbocycles. The van der Waals surface area contributed by atoms with E-state index in [0.29, 0.717) is 4.83 Å². The quantitative estimate of drug-likeness (QED) is 0.722. The van der Waals surface area contributed by atoms with Gasteiger partial charge in [0.15, 0.2) is 0 Å². The van der Waals surface area contributed by atoms with E-state index in [1.54, 1.807) is 0 Å². The highest BCUT2D eigenvalue weighted by atomic mass is 79.9. The summed E-state index contributed by atoms with van der Waals surface area (Å²) in [6, 6.07) is 8.80. The minimum atomic E-state index is 0.712. The second-order valence-corrected chi connectivity index (χ2v) is 6.66. The summed E-state index contributed by atoms with van der Waals surface area (Å²) in [5, 5.41) is 0. The molecule has 0 heterocycles. The van der Waals surface area contributed by atoms with Gasteiger partial charge in [-0.3, -0.25) is 0 Å². The van der Waals surface area contributed by atoms with Gasteiger partial charge in [0.05, 0.1) is 0 Å². The van der Waals surface area contributed by atoms with Crippen molar-refractivity contribution in [3.63, 3.8) is 0 Å². The molecule has 0 radical (unpaired) electrons. The number of hydrogen-bond donors (Lipinski definition) is 0. The van der Waals surface area contributed by atoms with Crippen molar-refractivity contribution in [2.45, 2.75) is 37.4 Å². The lowest BCUT2D eigenvalue weighted by Gasteiger charge is -2.13. The van der Waals surface area contributed by atoms with Crippen LogP contribution in [0.5, 0.6) is 0 Å². The third-order valence-electron chi connectivity index (χ3n) is 4.57. The van der Waals surface area contributed by atoms with Crippen LogP contribution in [0.15, 0.2) is 24.3 Å². The molecule has 2 aliphatic rings. The molecular formula is C15H19Br. The van der Waals surface area contributed by atoms with E-state index in [1.807, 2.05) is 0 Å². The molecule has 0 amide bonds. The molecule has 0 aromatic heterocycles. The van der Waals surface area contributed by atoms with Crippen LogP contribution >= 0.6 is 15.9 Å². The van der Waals surface area contributed by atoms with E-state index >= 15 is 0 Å². The number of alkyl halides is 1. The van der Waals surface area contributed by atoms with Crippen molar-refractivity contribution in [2.75, 3.05) is 0 Å². The largest absolute Gasteiger partial charge is 0.0884 e. The first-order chi connectivity index (χ1) is 7.77. The molecule has 0 aliphatic heterocycles. The zero-order valence-corrected chi connectivity index (χ0v) is 11.4. The maximum atomic E-state index is 3.93. The minimum Gasteiger partial charge on any atom is -0.0884 e. The Kier molecular flexibility index (Phi) is 2.83. The SMILES string of the molecule is Cc1ccccc1CC(Br)C1C2CCCC21. The van der Waals surface area contributed by atoms with Crippen LogP contribution in [-0.2, 0) is 6.42 Å². The summed E-state index contributed by atoms with van der Waals surface area (Å²) in [4.78, 5) is 0.712. The molecule has 3 atom stereocenters. The summed E-state index contributed by atoms with van der Waals surface area (Å²) in [7, 11) is 0. The van der Waals surface area contributed by atoms with Crippen LogP contribution < -0.4 is 0 Å². The van der Waals surface area contributed by atoms with Crippen LogP contribution in [0.1, 0.15) is 30.4 Å². The standard InChI is InChI=1S/C15H19Br/c1-10-5-2-3-6-11(10)9-14(16)15-12-7-4-8-13(12)15/h2-3,5-6,12-15H,4,7-9H2,1H3. The van der Waals surface area contributed by atoms with Crippen LogP contribution in [-0.4, -0.2) is 4.83 Å². The van der Waals surface area contributed by atoms with Gasteiger partial charge in [-0.2, -0.15) is 0 Å². The lowest BCUT2D eigenvalue weighted by Crippen LogP contribution is -2.10. The van der Waals surface area contributed by atoms with E-state index in [0.717, 1.165) is 17.8 Å². The van der Waals surface area contributed by atoms with Gasteiger partial charge in [-0.1, -0.05) is 46.6 Å². The van der Waals surface area contributed by atoms with Gasteiger partial charge in [-0.05, 0) is 55.1 Å². The molecule has 86 valence electrons. The zero-order valence-electron chi connectivity index (χ0n) is 9.83. The highest BCUT2D eigenvalue weighted by molar-refractivity contribution is 9.09. The van der Waals surface area contributed by atoms with Crippen molar-refractivity contribution in [2.24, 2.45) is 17.8 Å². The van der Waals surface area contributed by atoms with Crippen molar-refractivity contribution in [1.29, 1.82) is 0 Å². The lowest BCUT2D eigenvalue weighted by atomic mass is 9.99. The van der Waals surface area contributed by atoms with E-state index in [2.05, 4.69) is 47.1 Å². The summed E-state index contributed by atoms with van der Waals surface area (Å²) in [6.07, 6.45) is 5.68. The molecule has 0 spiro atoms. The van der Waals surface area contributed by atoms with E-state index < -0.39 is 0 Å². The average molecular weight is 279 g/mol. The molecule has 0 N–H and O–H groups in total. The van der Waals surface area contributed by atoms with Crippen LogP contribution in [0.2, 0.25) is 0 Å². The second kappa shape index (κ2) is 4.18. The van der Waals surface area contributed by atoms with Crippen molar-refractivity contribution in [3.05, 3.63) is 35.4 Å². The molecule has 16 heavy (non-hydrogen) atoms. The van der Waals surface area contributed by atoms with E-state index in [-0.39, 0.29) is 0 Å². The van der Waals surface area contributed by atoms with Crippen molar-refractivity contribution in [1.82, 2.24) is 0 Å². The number of hydrogen-bond acceptors (Lipinski definition) is 0. The predicted octanol–water partition coefficient (Wildman–Crippen LogP) is 4.35. The second-order valence-electron chi connectivity index (χ2n) is 5.48. The van der Waals surface area contributed by atoms with Crippen LogP contribution in [0.25, 0.3) is 0 Å². The third-order valence-corrected chi connectivity index (χ3v) is 5.50. The van der Waals surface area contributed by atoms with Gasteiger partial charge in [-0.15, -0.1) is 0 Å². The average Bonchev–Trinajstić information content (AvgIpc) is 2.76. The fourth-order valence-corrected chi connectivity index (χ4v) is 4.73. The fourth-order valence-electron chi connectivity index (χ4n) is 3.60. The molecule has 1 heteroatoms. The van der Waals surface area contributed by atoms with E-state index in [4.69, 9.17) is 0 Å². The molecule has 3 unspecified atom stereocenters. The Hall–Kier alpha value is -0.300. The lowest BCUT2D eigenvalue weighted by molar-refractivity contribution is 0.569. The summed E-state index contributed by atoms with van der Waals surface area (Å²) in [6.45, 7) is 2.22. The van der Waals surface area contributed by atoms with Gasteiger partial charge in [0.2, 0.25) is 0 Å². The van der Waals surface area contributed by atoms with E-state index in [1.165, 1.54) is 36.8 Å². The van der Waals surface area contributed by atoms with Crippen molar-refractivity contribution in [3.8, 4) is 0 Å². The van der Waals surface area contributed by atoms with Gasteiger partial charge in [0.1, 0.15) is 0 Å². The van der Waals surface area contributed by atoms with Gasteiger partial charge < -0.3 is 0 Å². The molecular weight excluding hydrogens is 260 g/mol. The monoisotopic (exact) mass is 278 g/mol. The van der Waals surface area contributed by atoms with E-state index in [9.17, 15) is 0 Å². The summed E-state index contributed by atoms with van der Waals surface area (Å²) in [5.74, 6) is 3.11. The number of fused-ring (bicyclic) bond motifs is 1. The first-order valence-electron chi connectivity index (χ1n) is 6.46. The first kappa shape index (κ1) is 10.8. The maximum Gasteiger partial charge on any atom is 0.0220 e. The topological polar surface area (TPSA) is 0 Å². The Bertz CT molecular complexity index is 375. The highest BCUT2D eigenvalue weighted by Crippen LogP contribution is 2.60. The highest BCUT2D eigenvalue weighted by Gasteiger charge is 2.54. The molecule has 3 rings (SSSR count). The summed E-state index contributed by atoms with van der Waals surface area (Å²) < 4.78 is 0. The third kappa shape index (κ3) is 1.84. The molecule has 2 aliphatic carbocycles. The minimum absolute atomic E-state index is 0.712.